The summed E-state index contributed by atoms with van der Waals surface area (Å²) in [6.07, 6.45) is 6.42. The van der Waals surface area contributed by atoms with E-state index in [2.05, 4.69) is 15.5 Å². The Kier molecular flexibility index (Phi) is 3.08. The molecule has 1 aliphatic rings. The Labute approximate surface area is 83.7 Å². The molecule has 0 aliphatic heterocycles. The van der Waals surface area contributed by atoms with Crippen LogP contribution < -0.4 is 5.73 Å². The van der Waals surface area contributed by atoms with Gasteiger partial charge in [0, 0.05) is 12.5 Å². The Morgan fingerprint density at radius 2 is 2.07 bits per heavy atom. The van der Waals surface area contributed by atoms with Gasteiger partial charge in [-0.2, -0.15) is 0 Å². The maximum Gasteiger partial charge on any atom is 0.154 e. The first-order chi connectivity index (χ1) is 6.92. The highest BCUT2D eigenvalue weighted by molar-refractivity contribution is 4.95. The third-order valence-corrected chi connectivity index (χ3v) is 2.87. The van der Waals surface area contributed by atoms with Crippen molar-refractivity contribution in [1.82, 2.24) is 20.2 Å². The molecule has 0 atom stereocenters. The highest BCUT2D eigenvalue weighted by Gasteiger charge is 2.20. The second-order valence-electron chi connectivity index (χ2n) is 3.88. The van der Waals surface area contributed by atoms with Gasteiger partial charge in [0.05, 0.1) is 6.54 Å². The molecular weight excluding hydrogens is 178 g/mol. The molecule has 1 heterocycles. The summed E-state index contributed by atoms with van der Waals surface area (Å²) >= 11 is 0. The average molecular weight is 195 g/mol. The lowest BCUT2D eigenvalue weighted by Gasteiger charge is -2.20. The highest BCUT2D eigenvalue weighted by Crippen LogP contribution is 2.30. The molecule has 0 radical (unpaired) electrons. The predicted molar refractivity (Wildman–Crippen MR) is 52.7 cm³/mol. The Morgan fingerprint density at radius 3 is 2.79 bits per heavy atom. The third-order valence-electron chi connectivity index (χ3n) is 2.87. The van der Waals surface area contributed by atoms with Crippen LogP contribution in [0, 0.1) is 0 Å². The molecule has 2 rings (SSSR count). The minimum Gasteiger partial charge on any atom is -0.329 e. The molecule has 0 saturated heterocycles. The van der Waals surface area contributed by atoms with Crippen LogP contribution in [0.4, 0.5) is 0 Å². The second-order valence-corrected chi connectivity index (χ2v) is 3.88. The van der Waals surface area contributed by atoms with E-state index in [-0.39, 0.29) is 0 Å². The molecule has 0 bridgehead atoms. The van der Waals surface area contributed by atoms with E-state index in [1.54, 1.807) is 0 Å². The van der Waals surface area contributed by atoms with Crippen LogP contribution in [0.3, 0.4) is 0 Å². The maximum atomic E-state index is 5.50. The lowest BCUT2D eigenvalue weighted by molar-refractivity contribution is 0.408. The van der Waals surface area contributed by atoms with Gasteiger partial charge in [-0.05, 0) is 23.3 Å². The largest absolute Gasteiger partial charge is 0.329 e. The minimum atomic E-state index is 0.560. The van der Waals surface area contributed by atoms with Crippen LogP contribution >= 0.6 is 0 Å². The molecule has 5 heteroatoms. The first kappa shape index (κ1) is 9.58. The predicted octanol–water partition coefficient (Wildman–Crippen LogP) is 0.679. The van der Waals surface area contributed by atoms with Crippen molar-refractivity contribution in [2.45, 2.75) is 44.6 Å². The fraction of sp³-hybridized carbons (Fsp3) is 0.889. The van der Waals surface area contributed by atoms with E-state index in [1.807, 2.05) is 4.68 Å². The van der Waals surface area contributed by atoms with Crippen LogP contribution in [0.5, 0.6) is 0 Å². The number of aromatic nitrogens is 4. The van der Waals surface area contributed by atoms with Gasteiger partial charge in [-0.3, -0.25) is 0 Å². The van der Waals surface area contributed by atoms with E-state index < -0.39 is 0 Å². The van der Waals surface area contributed by atoms with Crippen LogP contribution in [-0.4, -0.2) is 26.8 Å². The number of nitrogens with two attached hydrogens (primary N) is 1. The van der Waals surface area contributed by atoms with Crippen molar-refractivity contribution < 1.29 is 0 Å². The van der Waals surface area contributed by atoms with Gasteiger partial charge in [-0.25, -0.2) is 4.68 Å². The van der Waals surface area contributed by atoms with E-state index in [4.69, 9.17) is 5.73 Å². The normalized spacial score (nSPS) is 18.6. The van der Waals surface area contributed by atoms with Gasteiger partial charge in [0.15, 0.2) is 5.82 Å². The SMILES string of the molecule is NCCn1nnnc1C1CCCCC1. The van der Waals surface area contributed by atoms with Gasteiger partial charge in [-0.1, -0.05) is 19.3 Å². The molecule has 0 spiro atoms. The van der Waals surface area contributed by atoms with Crippen molar-refractivity contribution >= 4 is 0 Å². The van der Waals surface area contributed by atoms with Gasteiger partial charge < -0.3 is 5.73 Å². The van der Waals surface area contributed by atoms with Crippen LogP contribution in [-0.2, 0) is 6.54 Å². The topological polar surface area (TPSA) is 69.6 Å². The lowest BCUT2D eigenvalue weighted by Crippen LogP contribution is -2.17. The van der Waals surface area contributed by atoms with Crippen molar-refractivity contribution in [3.8, 4) is 0 Å². The highest BCUT2D eigenvalue weighted by atomic mass is 15.5. The number of tetrazole rings is 1. The summed E-state index contributed by atoms with van der Waals surface area (Å²) in [5.74, 6) is 1.60. The van der Waals surface area contributed by atoms with Gasteiger partial charge in [0.25, 0.3) is 0 Å². The molecule has 1 fully saturated rings. The zero-order valence-corrected chi connectivity index (χ0v) is 8.39. The fourth-order valence-electron chi connectivity index (χ4n) is 2.15. The summed E-state index contributed by atoms with van der Waals surface area (Å²) in [5.41, 5.74) is 5.50. The molecule has 2 N–H and O–H groups in total. The van der Waals surface area contributed by atoms with Crippen molar-refractivity contribution in [2.24, 2.45) is 5.73 Å². The minimum absolute atomic E-state index is 0.560. The molecule has 78 valence electrons. The first-order valence-electron chi connectivity index (χ1n) is 5.38. The summed E-state index contributed by atoms with van der Waals surface area (Å²) in [4.78, 5) is 0. The Bertz CT molecular complexity index is 276. The fourth-order valence-corrected chi connectivity index (χ4v) is 2.15. The van der Waals surface area contributed by atoms with Gasteiger partial charge >= 0.3 is 0 Å². The average Bonchev–Trinajstić information content (AvgIpc) is 2.68. The summed E-state index contributed by atoms with van der Waals surface area (Å²) in [6.45, 7) is 1.34. The smallest absolute Gasteiger partial charge is 0.154 e. The Balaban J connectivity index is 2.09. The van der Waals surface area contributed by atoms with Crippen molar-refractivity contribution in [3.63, 3.8) is 0 Å². The summed E-state index contributed by atoms with van der Waals surface area (Å²) < 4.78 is 1.86. The van der Waals surface area contributed by atoms with Crippen LogP contribution in [0.15, 0.2) is 0 Å². The standard InChI is InChI=1S/C9H17N5/c10-6-7-14-9(11-12-13-14)8-4-2-1-3-5-8/h8H,1-7,10H2. The Morgan fingerprint density at radius 1 is 1.29 bits per heavy atom. The summed E-state index contributed by atoms with van der Waals surface area (Å²) in [7, 11) is 0. The van der Waals surface area contributed by atoms with Crippen molar-refractivity contribution in [1.29, 1.82) is 0 Å². The number of rotatable bonds is 3. The quantitative estimate of drug-likeness (QED) is 0.770. The molecule has 14 heavy (non-hydrogen) atoms. The monoisotopic (exact) mass is 195 g/mol. The molecule has 0 aromatic carbocycles. The number of nitrogens with zero attached hydrogens (tertiary/aromatic N) is 4. The van der Waals surface area contributed by atoms with Crippen LogP contribution in [0.2, 0.25) is 0 Å². The molecule has 1 aliphatic carbocycles. The van der Waals surface area contributed by atoms with E-state index in [0.29, 0.717) is 12.5 Å². The van der Waals surface area contributed by atoms with Crippen molar-refractivity contribution in [2.75, 3.05) is 6.54 Å². The van der Waals surface area contributed by atoms with Crippen LogP contribution in [0.1, 0.15) is 43.8 Å². The molecule has 0 unspecified atom stereocenters. The zero-order valence-electron chi connectivity index (χ0n) is 8.39. The summed E-state index contributed by atoms with van der Waals surface area (Å²) in [5, 5.41) is 11.8. The summed E-state index contributed by atoms with van der Waals surface area (Å²) in [6, 6.07) is 0. The van der Waals surface area contributed by atoms with E-state index >= 15 is 0 Å². The molecular formula is C9H17N5. The van der Waals surface area contributed by atoms with Gasteiger partial charge in [-0.15, -0.1) is 5.10 Å². The lowest BCUT2D eigenvalue weighted by atomic mass is 9.89. The van der Waals surface area contributed by atoms with Gasteiger partial charge in [0.1, 0.15) is 0 Å². The van der Waals surface area contributed by atoms with E-state index in [1.165, 1.54) is 32.1 Å². The Hall–Kier alpha value is -0.970. The molecule has 1 aromatic rings. The first-order valence-corrected chi connectivity index (χ1v) is 5.38. The van der Waals surface area contributed by atoms with E-state index in [0.717, 1.165) is 12.4 Å². The molecule has 1 saturated carbocycles. The van der Waals surface area contributed by atoms with Crippen LogP contribution in [0.25, 0.3) is 0 Å². The third kappa shape index (κ3) is 1.92. The maximum absolute atomic E-state index is 5.50. The molecule has 0 amide bonds. The second kappa shape index (κ2) is 4.50. The number of hydrogen-bond donors (Lipinski definition) is 1. The zero-order chi connectivity index (χ0) is 9.80. The molecule has 1 aromatic heterocycles. The number of hydrogen-bond acceptors (Lipinski definition) is 4. The molecule has 5 nitrogen and oxygen atoms in total. The van der Waals surface area contributed by atoms with Crippen molar-refractivity contribution in [3.05, 3.63) is 5.82 Å². The van der Waals surface area contributed by atoms with E-state index in [9.17, 15) is 0 Å². The van der Waals surface area contributed by atoms with Gasteiger partial charge in [0.2, 0.25) is 0 Å².